The Balaban J connectivity index is 2.70. The lowest BCUT2D eigenvalue weighted by molar-refractivity contribution is -0.0329. The van der Waals surface area contributed by atoms with E-state index in [1.54, 1.807) is 19.2 Å². The molecule has 7 heteroatoms. The third-order valence-electron chi connectivity index (χ3n) is 2.73. The molecule has 0 radical (unpaired) electrons. The number of benzene rings is 1. The minimum atomic E-state index is -4.22. The van der Waals surface area contributed by atoms with E-state index < -0.39 is 5.51 Å². The maximum absolute atomic E-state index is 12.0. The van der Waals surface area contributed by atoms with Gasteiger partial charge in [-0.3, -0.25) is 0 Å². The van der Waals surface area contributed by atoms with E-state index in [1.165, 1.54) is 7.11 Å². The van der Waals surface area contributed by atoms with E-state index in [-0.39, 0.29) is 30.2 Å². The van der Waals surface area contributed by atoms with Gasteiger partial charge >= 0.3 is 5.51 Å². The highest BCUT2D eigenvalue weighted by molar-refractivity contribution is 8.00. The summed E-state index contributed by atoms with van der Waals surface area (Å²) < 4.78 is 46.7. The second kappa shape index (κ2) is 7.64. The molecule has 1 atom stereocenters. The average Bonchev–Trinajstić information content (AvgIpc) is 2.41. The zero-order valence-electron chi connectivity index (χ0n) is 11.6. The predicted molar refractivity (Wildman–Crippen MR) is 74.5 cm³/mol. The van der Waals surface area contributed by atoms with Gasteiger partial charge in [0.05, 0.1) is 13.7 Å². The van der Waals surface area contributed by atoms with Crippen LogP contribution in [-0.2, 0) is 0 Å². The molecular weight excluding hydrogens is 291 g/mol. The van der Waals surface area contributed by atoms with E-state index in [0.29, 0.717) is 11.5 Å². The molecule has 1 unspecified atom stereocenters. The zero-order valence-corrected chi connectivity index (χ0v) is 12.4. The summed E-state index contributed by atoms with van der Waals surface area (Å²) in [5.41, 5.74) is -3.34. The summed E-state index contributed by atoms with van der Waals surface area (Å²) in [6, 6.07) is 5.35. The molecule has 0 amide bonds. The van der Waals surface area contributed by atoms with Gasteiger partial charge in [0, 0.05) is 23.4 Å². The molecule has 1 N–H and O–H groups in total. The second-order valence-electron chi connectivity index (χ2n) is 4.06. The van der Waals surface area contributed by atoms with Crippen molar-refractivity contribution in [3.8, 4) is 11.5 Å². The van der Waals surface area contributed by atoms with Crippen molar-refractivity contribution in [1.82, 2.24) is 5.32 Å². The number of hydrogen-bond donors (Lipinski definition) is 1. The van der Waals surface area contributed by atoms with Crippen molar-refractivity contribution in [2.75, 3.05) is 26.5 Å². The molecule has 114 valence electrons. The highest BCUT2D eigenvalue weighted by Crippen LogP contribution is 2.32. The molecule has 0 aliphatic heterocycles. The van der Waals surface area contributed by atoms with Crippen molar-refractivity contribution in [3.05, 3.63) is 23.8 Å². The molecule has 0 spiro atoms. The number of alkyl halides is 3. The molecule has 1 aromatic carbocycles. The molecule has 0 saturated heterocycles. The maximum atomic E-state index is 12.0. The molecule has 0 bridgehead atoms. The van der Waals surface area contributed by atoms with Crippen LogP contribution in [0.25, 0.3) is 0 Å². The van der Waals surface area contributed by atoms with Gasteiger partial charge in [-0.05, 0) is 31.8 Å². The average molecular weight is 309 g/mol. The number of hydrogen-bond acceptors (Lipinski definition) is 4. The van der Waals surface area contributed by atoms with Gasteiger partial charge in [0.2, 0.25) is 0 Å². The molecule has 0 saturated carbocycles. The Hall–Kier alpha value is -1.08. The summed E-state index contributed by atoms with van der Waals surface area (Å²) in [4.78, 5) is 0. The van der Waals surface area contributed by atoms with Crippen LogP contribution in [0.15, 0.2) is 18.2 Å². The second-order valence-corrected chi connectivity index (χ2v) is 5.22. The van der Waals surface area contributed by atoms with Crippen LogP contribution >= 0.6 is 11.8 Å². The Morgan fingerprint density at radius 2 is 2.05 bits per heavy atom. The standard InChI is InChI=1S/C13H18F3NO2S/c1-9(17-2)11-5-4-10(18-3)8-12(11)19-6-7-20-13(14,15)16/h4-5,8-9,17H,6-7H2,1-3H3. The van der Waals surface area contributed by atoms with E-state index in [2.05, 4.69) is 5.32 Å². The Morgan fingerprint density at radius 3 is 2.60 bits per heavy atom. The third kappa shape index (κ3) is 5.50. The van der Waals surface area contributed by atoms with Crippen molar-refractivity contribution in [1.29, 1.82) is 0 Å². The zero-order chi connectivity index (χ0) is 15.2. The highest BCUT2D eigenvalue weighted by atomic mass is 32.2. The first-order chi connectivity index (χ1) is 9.37. The first kappa shape index (κ1) is 17.0. The summed E-state index contributed by atoms with van der Waals surface area (Å²) in [6.45, 7) is 1.93. The first-order valence-electron chi connectivity index (χ1n) is 6.06. The smallest absolute Gasteiger partial charge is 0.441 e. The van der Waals surface area contributed by atoms with Crippen LogP contribution < -0.4 is 14.8 Å². The van der Waals surface area contributed by atoms with E-state index in [0.717, 1.165) is 5.56 Å². The van der Waals surface area contributed by atoms with E-state index in [1.807, 2.05) is 13.0 Å². The van der Waals surface area contributed by atoms with Crippen molar-refractivity contribution < 1.29 is 22.6 Å². The Bertz CT molecular complexity index is 427. The highest BCUT2D eigenvalue weighted by Gasteiger charge is 2.27. The molecule has 0 aromatic heterocycles. The summed E-state index contributed by atoms with van der Waals surface area (Å²) in [5, 5.41) is 3.07. The Morgan fingerprint density at radius 1 is 1.35 bits per heavy atom. The van der Waals surface area contributed by atoms with Gasteiger partial charge in [-0.2, -0.15) is 13.2 Å². The minimum Gasteiger partial charge on any atom is -0.497 e. The fourth-order valence-corrected chi connectivity index (χ4v) is 1.99. The van der Waals surface area contributed by atoms with Crippen molar-refractivity contribution in [2.45, 2.75) is 18.5 Å². The fourth-order valence-electron chi connectivity index (χ4n) is 1.59. The largest absolute Gasteiger partial charge is 0.497 e. The molecule has 3 nitrogen and oxygen atoms in total. The topological polar surface area (TPSA) is 30.5 Å². The fraction of sp³-hybridized carbons (Fsp3) is 0.538. The van der Waals surface area contributed by atoms with Crippen LogP contribution in [0.3, 0.4) is 0 Å². The number of thioether (sulfide) groups is 1. The van der Waals surface area contributed by atoms with E-state index >= 15 is 0 Å². The quantitative estimate of drug-likeness (QED) is 0.780. The molecule has 0 fully saturated rings. The Kier molecular flexibility index (Phi) is 6.48. The van der Waals surface area contributed by atoms with E-state index in [4.69, 9.17) is 9.47 Å². The summed E-state index contributed by atoms with van der Waals surface area (Å²) in [7, 11) is 3.33. The lowest BCUT2D eigenvalue weighted by Gasteiger charge is -2.17. The van der Waals surface area contributed by atoms with Crippen LogP contribution in [0.5, 0.6) is 11.5 Å². The third-order valence-corrected chi connectivity index (χ3v) is 3.42. The molecule has 1 rings (SSSR count). The van der Waals surface area contributed by atoms with Gasteiger partial charge in [-0.15, -0.1) is 0 Å². The van der Waals surface area contributed by atoms with Gasteiger partial charge < -0.3 is 14.8 Å². The van der Waals surface area contributed by atoms with Crippen molar-refractivity contribution in [3.63, 3.8) is 0 Å². The molecule has 0 heterocycles. The van der Waals surface area contributed by atoms with Gasteiger partial charge in [-0.1, -0.05) is 6.07 Å². The van der Waals surface area contributed by atoms with Crippen molar-refractivity contribution >= 4 is 11.8 Å². The number of methoxy groups -OCH3 is 1. The number of ether oxygens (including phenoxy) is 2. The number of rotatable bonds is 7. The molecular formula is C13H18F3NO2S. The summed E-state index contributed by atoms with van der Waals surface area (Å²) in [5.74, 6) is 0.998. The molecule has 1 aromatic rings. The minimum absolute atomic E-state index is 0.0131. The molecule has 0 aliphatic carbocycles. The van der Waals surface area contributed by atoms with Gasteiger partial charge in [-0.25, -0.2) is 0 Å². The Labute approximate surface area is 120 Å². The lowest BCUT2D eigenvalue weighted by Crippen LogP contribution is -2.15. The number of halogens is 3. The van der Waals surface area contributed by atoms with Gasteiger partial charge in [0.15, 0.2) is 0 Å². The molecule has 0 aliphatic rings. The van der Waals surface area contributed by atoms with Crippen LogP contribution in [0, 0.1) is 0 Å². The van der Waals surface area contributed by atoms with Crippen LogP contribution in [0.2, 0.25) is 0 Å². The first-order valence-corrected chi connectivity index (χ1v) is 7.04. The van der Waals surface area contributed by atoms with Crippen LogP contribution in [0.4, 0.5) is 13.2 Å². The van der Waals surface area contributed by atoms with Gasteiger partial charge in [0.1, 0.15) is 11.5 Å². The van der Waals surface area contributed by atoms with E-state index in [9.17, 15) is 13.2 Å². The number of nitrogens with one attached hydrogen (secondary N) is 1. The van der Waals surface area contributed by atoms with Crippen LogP contribution in [0.1, 0.15) is 18.5 Å². The van der Waals surface area contributed by atoms with Crippen molar-refractivity contribution in [2.24, 2.45) is 0 Å². The predicted octanol–water partition coefficient (Wildman–Crippen LogP) is 3.61. The SMILES string of the molecule is CNC(C)c1ccc(OC)cc1OCCSC(F)(F)F. The molecule has 20 heavy (non-hydrogen) atoms. The normalized spacial score (nSPS) is 13.1. The summed E-state index contributed by atoms with van der Waals surface area (Å²) in [6.07, 6.45) is 0. The summed E-state index contributed by atoms with van der Waals surface area (Å²) >= 11 is -0.0891. The van der Waals surface area contributed by atoms with Gasteiger partial charge in [0.25, 0.3) is 0 Å². The maximum Gasteiger partial charge on any atom is 0.441 e. The monoisotopic (exact) mass is 309 g/mol. The van der Waals surface area contributed by atoms with Crippen LogP contribution in [-0.4, -0.2) is 32.0 Å². The lowest BCUT2D eigenvalue weighted by atomic mass is 10.1.